The molecule has 0 N–H and O–H groups in total. The fourth-order valence-electron chi connectivity index (χ4n) is 2.37. The van der Waals surface area contributed by atoms with Crippen LogP contribution >= 0.6 is 11.3 Å². The molecule has 3 rings (SSSR count). The van der Waals surface area contributed by atoms with Gasteiger partial charge in [0.15, 0.2) is 16.3 Å². The molecule has 1 aromatic heterocycles. The Morgan fingerprint density at radius 2 is 2.14 bits per heavy atom. The van der Waals surface area contributed by atoms with E-state index in [1.165, 1.54) is 11.3 Å². The third-order valence-electron chi connectivity index (χ3n) is 3.34. The summed E-state index contributed by atoms with van der Waals surface area (Å²) in [5, 5.41) is 0. The van der Waals surface area contributed by atoms with Crippen molar-refractivity contribution in [1.82, 2.24) is 4.57 Å². The van der Waals surface area contributed by atoms with Crippen LogP contribution in [0, 0.1) is 0 Å². The first kappa shape index (κ1) is 14.8. The average Bonchev–Trinajstić information content (AvgIpc) is 2.82. The molecule has 6 heteroatoms. The van der Waals surface area contributed by atoms with E-state index in [1.807, 2.05) is 23.6 Å². The first-order chi connectivity index (χ1) is 10.7. The van der Waals surface area contributed by atoms with Crippen molar-refractivity contribution in [2.24, 2.45) is 4.99 Å². The van der Waals surface area contributed by atoms with E-state index in [2.05, 4.69) is 11.6 Å². The number of allylic oxidation sites excluding steroid dienone is 1. The van der Waals surface area contributed by atoms with Crippen molar-refractivity contribution in [3.05, 3.63) is 29.6 Å². The quantitative estimate of drug-likeness (QED) is 0.815. The van der Waals surface area contributed by atoms with Gasteiger partial charge in [-0.3, -0.25) is 4.79 Å². The van der Waals surface area contributed by atoms with Gasteiger partial charge < -0.3 is 14.0 Å². The third kappa shape index (κ3) is 2.78. The summed E-state index contributed by atoms with van der Waals surface area (Å²) < 4.78 is 14.3. The van der Waals surface area contributed by atoms with E-state index in [9.17, 15) is 4.79 Å². The maximum Gasteiger partial charge on any atom is 0.248 e. The molecule has 0 bridgehead atoms. The molecule has 116 valence electrons. The standard InChI is InChI=1S/C16H18N2O3S/c1-3-5-15(19)17-16-18(6-4-2)11-9-12-13(10-14(11)22-16)21-8-7-20-12/h4,9-10H,2-3,5-8H2,1H3. The lowest BCUT2D eigenvalue weighted by atomic mass is 10.2. The number of amides is 1. The minimum Gasteiger partial charge on any atom is -0.486 e. The third-order valence-corrected chi connectivity index (χ3v) is 4.38. The van der Waals surface area contributed by atoms with Crippen LogP contribution in [-0.2, 0) is 11.3 Å². The highest BCUT2D eigenvalue weighted by Gasteiger charge is 2.16. The number of benzene rings is 1. The summed E-state index contributed by atoms with van der Waals surface area (Å²) in [6.45, 7) is 7.46. The summed E-state index contributed by atoms with van der Waals surface area (Å²) in [7, 11) is 0. The van der Waals surface area contributed by atoms with Crippen molar-refractivity contribution in [2.75, 3.05) is 13.2 Å². The minimum atomic E-state index is -0.0934. The molecular weight excluding hydrogens is 300 g/mol. The molecule has 0 unspecified atom stereocenters. The predicted octanol–water partition coefficient (Wildman–Crippen LogP) is 2.89. The Kier molecular flexibility index (Phi) is 4.29. The summed E-state index contributed by atoms with van der Waals surface area (Å²) in [6, 6.07) is 3.91. The molecule has 0 radical (unpaired) electrons. The second-order valence-corrected chi connectivity index (χ2v) is 6.01. The first-order valence-electron chi connectivity index (χ1n) is 7.34. The number of ether oxygens (including phenoxy) is 2. The number of carbonyl (C=O) groups is 1. The molecule has 1 aliphatic heterocycles. The molecule has 0 saturated carbocycles. The Labute approximate surface area is 132 Å². The number of fused-ring (bicyclic) bond motifs is 2. The largest absolute Gasteiger partial charge is 0.486 e. The predicted molar refractivity (Wildman–Crippen MR) is 86.5 cm³/mol. The molecule has 1 aromatic carbocycles. The monoisotopic (exact) mass is 318 g/mol. The van der Waals surface area contributed by atoms with Crippen molar-refractivity contribution < 1.29 is 14.3 Å². The molecule has 1 amide bonds. The maximum absolute atomic E-state index is 11.9. The van der Waals surface area contributed by atoms with Gasteiger partial charge in [0.05, 0.1) is 10.2 Å². The topological polar surface area (TPSA) is 52.8 Å². The van der Waals surface area contributed by atoms with Gasteiger partial charge in [0.25, 0.3) is 0 Å². The van der Waals surface area contributed by atoms with Gasteiger partial charge in [-0.1, -0.05) is 24.3 Å². The number of hydrogen-bond acceptors (Lipinski definition) is 4. The van der Waals surface area contributed by atoms with Gasteiger partial charge >= 0.3 is 0 Å². The minimum absolute atomic E-state index is 0.0934. The number of nitrogens with zero attached hydrogens (tertiary/aromatic N) is 2. The number of carbonyl (C=O) groups excluding carboxylic acids is 1. The van der Waals surface area contributed by atoms with Gasteiger partial charge in [-0.05, 0) is 6.42 Å². The van der Waals surface area contributed by atoms with E-state index < -0.39 is 0 Å². The first-order valence-corrected chi connectivity index (χ1v) is 8.16. The van der Waals surface area contributed by atoms with Crippen LogP contribution in [0.3, 0.4) is 0 Å². The summed E-state index contributed by atoms with van der Waals surface area (Å²) in [5.74, 6) is 1.39. The van der Waals surface area contributed by atoms with Crippen LogP contribution in [0.2, 0.25) is 0 Å². The van der Waals surface area contributed by atoms with Crippen molar-refractivity contribution in [2.45, 2.75) is 26.3 Å². The summed E-state index contributed by atoms with van der Waals surface area (Å²) in [6.07, 6.45) is 3.06. The lowest BCUT2D eigenvalue weighted by molar-refractivity contribution is -0.118. The SMILES string of the molecule is C=CCn1c(=NC(=O)CCC)sc2cc3c(cc21)OCCO3. The van der Waals surface area contributed by atoms with Crippen LogP contribution in [0.15, 0.2) is 29.8 Å². The average molecular weight is 318 g/mol. The highest BCUT2D eigenvalue weighted by molar-refractivity contribution is 7.16. The summed E-state index contributed by atoms with van der Waals surface area (Å²) in [4.78, 5) is 16.8. The lowest BCUT2D eigenvalue weighted by Crippen LogP contribution is -2.17. The van der Waals surface area contributed by atoms with Gasteiger partial charge in [0.2, 0.25) is 5.91 Å². The van der Waals surface area contributed by atoms with Gasteiger partial charge in [-0.2, -0.15) is 4.99 Å². The Bertz CT molecular complexity index is 789. The molecule has 2 heterocycles. The van der Waals surface area contributed by atoms with Crippen LogP contribution in [-0.4, -0.2) is 23.7 Å². The summed E-state index contributed by atoms with van der Waals surface area (Å²) >= 11 is 1.48. The van der Waals surface area contributed by atoms with Crippen LogP contribution in [0.25, 0.3) is 10.2 Å². The zero-order chi connectivity index (χ0) is 15.5. The van der Waals surface area contributed by atoms with Gasteiger partial charge in [0, 0.05) is 25.1 Å². The second kappa shape index (κ2) is 6.36. The van der Waals surface area contributed by atoms with Crippen molar-refractivity contribution in [3.63, 3.8) is 0 Å². The smallest absolute Gasteiger partial charge is 0.248 e. The number of rotatable bonds is 4. The van der Waals surface area contributed by atoms with Crippen molar-refractivity contribution in [1.29, 1.82) is 0 Å². The fourth-order valence-corrected chi connectivity index (χ4v) is 3.44. The molecule has 0 fully saturated rings. The molecule has 0 atom stereocenters. The van der Waals surface area contributed by atoms with Crippen LogP contribution in [0.4, 0.5) is 0 Å². The molecule has 2 aromatic rings. The molecule has 1 aliphatic rings. The molecule has 0 aliphatic carbocycles. The van der Waals surface area contributed by atoms with Crippen LogP contribution in [0.1, 0.15) is 19.8 Å². The van der Waals surface area contributed by atoms with Crippen molar-refractivity contribution >= 4 is 27.5 Å². The maximum atomic E-state index is 11.9. The van der Waals surface area contributed by atoms with E-state index in [1.54, 1.807) is 6.08 Å². The van der Waals surface area contributed by atoms with Crippen LogP contribution < -0.4 is 14.3 Å². The highest BCUT2D eigenvalue weighted by atomic mass is 32.1. The number of aromatic nitrogens is 1. The van der Waals surface area contributed by atoms with Crippen LogP contribution in [0.5, 0.6) is 11.5 Å². The van der Waals surface area contributed by atoms with E-state index in [0.29, 0.717) is 31.0 Å². The molecular formula is C16H18N2O3S. The zero-order valence-corrected chi connectivity index (χ0v) is 13.3. The fraction of sp³-hybridized carbons (Fsp3) is 0.375. The van der Waals surface area contributed by atoms with E-state index in [0.717, 1.165) is 28.1 Å². The normalized spacial score (nSPS) is 14.3. The Hall–Kier alpha value is -2.08. The Morgan fingerprint density at radius 1 is 1.41 bits per heavy atom. The Morgan fingerprint density at radius 3 is 2.82 bits per heavy atom. The second-order valence-electron chi connectivity index (χ2n) is 5.00. The van der Waals surface area contributed by atoms with E-state index >= 15 is 0 Å². The Balaban J connectivity index is 2.17. The zero-order valence-electron chi connectivity index (χ0n) is 12.5. The highest BCUT2D eigenvalue weighted by Crippen LogP contribution is 2.35. The van der Waals surface area contributed by atoms with Gasteiger partial charge in [-0.25, -0.2) is 0 Å². The summed E-state index contributed by atoms with van der Waals surface area (Å²) in [5.41, 5.74) is 0.984. The molecule has 0 saturated heterocycles. The number of thiazole rings is 1. The van der Waals surface area contributed by atoms with E-state index in [4.69, 9.17) is 9.47 Å². The lowest BCUT2D eigenvalue weighted by Gasteiger charge is -2.18. The molecule has 5 nitrogen and oxygen atoms in total. The van der Waals surface area contributed by atoms with E-state index in [-0.39, 0.29) is 5.91 Å². The van der Waals surface area contributed by atoms with Gasteiger partial charge in [0.1, 0.15) is 13.2 Å². The molecule has 0 spiro atoms. The molecule has 22 heavy (non-hydrogen) atoms. The van der Waals surface area contributed by atoms with Crippen molar-refractivity contribution in [3.8, 4) is 11.5 Å². The number of hydrogen-bond donors (Lipinski definition) is 0. The van der Waals surface area contributed by atoms with Gasteiger partial charge in [-0.15, -0.1) is 6.58 Å².